The largest absolute Gasteiger partial charge is 0.497 e. The summed E-state index contributed by atoms with van der Waals surface area (Å²) in [6.07, 6.45) is 1.04. The molecule has 7 nitrogen and oxygen atoms in total. The lowest BCUT2D eigenvalue weighted by molar-refractivity contribution is 0.0734. The maximum atomic E-state index is 12.9. The Morgan fingerprint density at radius 1 is 0.892 bits per heavy atom. The van der Waals surface area contributed by atoms with E-state index >= 15 is 0 Å². The Morgan fingerprint density at radius 3 is 2.38 bits per heavy atom. The number of rotatable bonds is 7. The van der Waals surface area contributed by atoms with Crippen molar-refractivity contribution >= 4 is 11.8 Å². The van der Waals surface area contributed by atoms with E-state index in [2.05, 4.69) is 28.4 Å². The van der Waals surface area contributed by atoms with Gasteiger partial charge >= 0.3 is 0 Å². The van der Waals surface area contributed by atoms with Gasteiger partial charge in [0.2, 0.25) is 0 Å². The minimum atomic E-state index is -0.635. The van der Waals surface area contributed by atoms with Gasteiger partial charge in [0.15, 0.2) is 0 Å². The predicted molar refractivity (Wildman–Crippen MR) is 142 cm³/mol. The molecule has 2 heterocycles. The molecule has 1 atom stereocenters. The minimum Gasteiger partial charge on any atom is -0.497 e. The van der Waals surface area contributed by atoms with Crippen LogP contribution >= 0.6 is 0 Å². The molecule has 0 radical (unpaired) electrons. The molecule has 192 valence electrons. The molecule has 7 heteroatoms. The van der Waals surface area contributed by atoms with Crippen LogP contribution < -0.4 is 10.1 Å². The number of methoxy groups -OCH3 is 1. The van der Waals surface area contributed by atoms with E-state index in [1.54, 1.807) is 37.4 Å². The Labute approximate surface area is 217 Å². The Kier molecular flexibility index (Phi) is 7.53. The van der Waals surface area contributed by atoms with Crippen LogP contribution in [0.3, 0.4) is 0 Å². The molecule has 1 unspecified atom stereocenters. The molecule has 3 aromatic rings. The fourth-order valence-electron chi connectivity index (χ4n) is 5.17. The first kappa shape index (κ1) is 25.0. The third-order valence-corrected chi connectivity index (χ3v) is 7.28. The summed E-state index contributed by atoms with van der Waals surface area (Å²) in [5.74, 6) is 0.514. The van der Waals surface area contributed by atoms with Gasteiger partial charge in [-0.25, -0.2) is 0 Å². The van der Waals surface area contributed by atoms with Gasteiger partial charge in [0.1, 0.15) is 5.75 Å². The monoisotopic (exact) mass is 499 g/mol. The van der Waals surface area contributed by atoms with Gasteiger partial charge in [-0.3, -0.25) is 14.5 Å². The van der Waals surface area contributed by atoms with E-state index in [0.717, 1.165) is 36.4 Å². The first-order valence-electron chi connectivity index (χ1n) is 12.8. The Balaban J connectivity index is 1.13. The van der Waals surface area contributed by atoms with Gasteiger partial charge < -0.3 is 20.1 Å². The number of carbonyl (C=O) groups excluding carboxylic acids is 2. The number of amides is 2. The van der Waals surface area contributed by atoms with Crippen LogP contribution in [-0.2, 0) is 25.9 Å². The maximum absolute atomic E-state index is 12.9. The Morgan fingerprint density at radius 2 is 1.59 bits per heavy atom. The molecule has 5 rings (SSSR count). The van der Waals surface area contributed by atoms with E-state index < -0.39 is 6.10 Å². The number of fused-ring (bicyclic) bond motifs is 2. The highest BCUT2D eigenvalue weighted by molar-refractivity contribution is 5.95. The van der Waals surface area contributed by atoms with Crippen molar-refractivity contribution in [3.63, 3.8) is 0 Å². The normalized spacial score (nSPS) is 15.9. The van der Waals surface area contributed by atoms with E-state index in [1.807, 2.05) is 23.1 Å². The van der Waals surface area contributed by atoms with Crippen LogP contribution in [-0.4, -0.2) is 66.1 Å². The number of hydrogen-bond acceptors (Lipinski definition) is 5. The number of β-amino-alcohol motifs (C(OH)–C–C–N with tert-alkyl or cyclic N) is 1. The average molecular weight is 500 g/mol. The molecule has 0 spiro atoms. The molecule has 0 fully saturated rings. The maximum Gasteiger partial charge on any atom is 0.254 e. The quantitative estimate of drug-likeness (QED) is 0.522. The van der Waals surface area contributed by atoms with E-state index in [-0.39, 0.29) is 18.4 Å². The standard InChI is InChI=1S/C30H33N3O4/c1-37-28-10-8-22(9-11-28)30(36)33-15-13-23-16-24(6-7-26(23)19-33)29(35)31-17-27(34)20-32-14-12-21-4-2-3-5-25(21)18-32/h2-11,16,27,34H,12-15,17-20H2,1H3,(H,31,35). The van der Waals surface area contributed by atoms with Crippen molar-refractivity contribution in [1.29, 1.82) is 0 Å². The molecule has 0 saturated carbocycles. The summed E-state index contributed by atoms with van der Waals surface area (Å²) in [5.41, 5.74) is 6.03. The SMILES string of the molecule is COc1ccc(C(=O)N2CCc3cc(C(=O)NCC(O)CN4CCc5ccccc5C4)ccc3C2)cc1. The van der Waals surface area contributed by atoms with Gasteiger partial charge in [0.25, 0.3) is 11.8 Å². The lowest BCUT2D eigenvalue weighted by atomic mass is 9.96. The Hall–Kier alpha value is -3.68. The van der Waals surface area contributed by atoms with Crippen molar-refractivity contribution in [2.24, 2.45) is 0 Å². The van der Waals surface area contributed by atoms with Crippen molar-refractivity contribution < 1.29 is 19.4 Å². The summed E-state index contributed by atoms with van der Waals surface area (Å²) in [6, 6.07) is 21.2. The molecule has 2 aliphatic heterocycles. The van der Waals surface area contributed by atoms with E-state index in [1.165, 1.54) is 11.1 Å². The van der Waals surface area contributed by atoms with Crippen LogP contribution in [0.5, 0.6) is 5.75 Å². The molecule has 2 aliphatic rings. The summed E-state index contributed by atoms with van der Waals surface area (Å²) in [6.45, 7) is 3.57. The zero-order valence-corrected chi connectivity index (χ0v) is 21.2. The number of nitrogens with one attached hydrogen (secondary N) is 1. The van der Waals surface area contributed by atoms with Crippen molar-refractivity contribution in [3.05, 3.63) is 100 Å². The van der Waals surface area contributed by atoms with Gasteiger partial charge in [-0.05, 0) is 71.5 Å². The molecule has 37 heavy (non-hydrogen) atoms. The summed E-state index contributed by atoms with van der Waals surface area (Å²) in [5, 5.41) is 13.4. The number of carbonyl (C=O) groups is 2. The summed E-state index contributed by atoms with van der Waals surface area (Å²) < 4.78 is 5.17. The fourth-order valence-corrected chi connectivity index (χ4v) is 5.17. The zero-order valence-electron chi connectivity index (χ0n) is 21.2. The number of hydrogen-bond donors (Lipinski definition) is 2. The molecular formula is C30H33N3O4. The van der Waals surface area contributed by atoms with Crippen LogP contribution in [0, 0.1) is 0 Å². The van der Waals surface area contributed by atoms with Crippen molar-refractivity contribution in [3.8, 4) is 5.75 Å². The van der Waals surface area contributed by atoms with Crippen LogP contribution in [0.2, 0.25) is 0 Å². The number of nitrogens with zero attached hydrogens (tertiary/aromatic N) is 2. The highest BCUT2D eigenvalue weighted by Gasteiger charge is 2.23. The van der Waals surface area contributed by atoms with Crippen LogP contribution in [0.15, 0.2) is 66.7 Å². The van der Waals surface area contributed by atoms with Crippen LogP contribution in [0.25, 0.3) is 0 Å². The molecular weight excluding hydrogens is 466 g/mol. The van der Waals surface area contributed by atoms with Crippen LogP contribution in [0.4, 0.5) is 0 Å². The molecule has 0 bridgehead atoms. The summed E-state index contributed by atoms with van der Waals surface area (Å²) >= 11 is 0. The van der Waals surface area contributed by atoms with Crippen LogP contribution in [0.1, 0.15) is 43.0 Å². The molecule has 2 N–H and O–H groups in total. The van der Waals surface area contributed by atoms with Gasteiger partial charge in [0, 0.05) is 50.4 Å². The zero-order chi connectivity index (χ0) is 25.8. The summed E-state index contributed by atoms with van der Waals surface area (Å²) in [4.78, 5) is 29.8. The highest BCUT2D eigenvalue weighted by atomic mass is 16.5. The predicted octanol–water partition coefficient (Wildman–Crippen LogP) is 3.04. The Bertz CT molecular complexity index is 1270. The number of aliphatic hydroxyl groups excluding tert-OH is 1. The van der Waals surface area contributed by atoms with Gasteiger partial charge in [0.05, 0.1) is 13.2 Å². The smallest absolute Gasteiger partial charge is 0.254 e. The number of aliphatic hydroxyl groups is 1. The topological polar surface area (TPSA) is 82.1 Å². The minimum absolute atomic E-state index is 0.0127. The summed E-state index contributed by atoms with van der Waals surface area (Å²) in [7, 11) is 1.60. The first-order valence-corrected chi connectivity index (χ1v) is 12.8. The third-order valence-electron chi connectivity index (χ3n) is 7.28. The third kappa shape index (κ3) is 5.84. The first-order chi connectivity index (χ1) is 18.0. The molecule has 2 amide bonds. The van der Waals surface area contributed by atoms with E-state index in [9.17, 15) is 14.7 Å². The fraction of sp³-hybridized carbons (Fsp3) is 0.333. The van der Waals surface area contributed by atoms with Crippen molar-refractivity contribution in [2.75, 3.05) is 33.3 Å². The lowest BCUT2D eigenvalue weighted by Gasteiger charge is -2.30. The van der Waals surface area contributed by atoms with Gasteiger partial charge in [-0.2, -0.15) is 0 Å². The molecule has 0 aromatic heterocycles. The highest BCUT2D eigenvalue weighted by Crippen LogP contribution is 2.23. The van der Waals surface area contributed by atoms with Gasteiger partial charge in [-0.1, -0.05) is 30.3 Å². The van der Waals surface area contributed by atoms with Crippen molar-refractivity contribution in [1.82, 2.24) is 15.1 Å². The second kappa shape index (κ2) is 11.2. The second-order valence-corrected chi connectivity index (χ2v) is 9.81. The number of benzene rings is 3. The lowest BCUT2D eigenvalue weighted by Crippen LogP contribution is -2.42. The van der Waals surface area contributed by atoms with E-state index in [4.69, 9.17) is 4.74 Å². The molecule has 0 aliphatic carbocycles. The average Bonchev–Trinajstić information content (AvgIpc) is 2.95. The number of ether oxygens (including phenoxy) is 1. The molecule has 3 aromatic carbocycles. The molecule has 0 saturated heterocycles. The van der Waals surface area contributed by atoms with Gasteiger partial charge in [-0.15, -0.1) is 0 Å². The van der Waals surface area contributed by atoms with E-state index in [0.29, 0.717) is 37.2 Å². The van der Waals surface area contributed by atoms with Crippen molar-refractivity contribution in [2.45, 2.75) is 32.0 Å². The second-order valence-electron chi connectivity index (χ2n) is 9.81.